The fraction of sp³-hybridized carbons (Fsp3) is 0.519. The van der Waals surface area contributed by atoms with Crippen molar-refractivity contribution in [3.05, 3.63) is 59.2 Å². The molecule has 0 spiro atoms. The van der Waals surface area contributed by atoms with Crippen molar-refractivity contribution in [3.8, 4) is 5.75 Å². The van der Waals surface area contributed by atoms with Crippen LogP contribution in [-0.4, -0.2) is 37.3 Å². The van der Waals surface area contributed by atoms with Crippen LogP contribution in [-0.2, 0) is 10.0 Å². The van der Waals surface area contributed by atoms with Gasteiger partial charge in [0.25, 0.3) is 5.91 Å². The molecule has 0 saturated carbocycles. The molecule has 2 aliphatic rings. The zero-order chi connectivity index (χ0) is 24.3. The number of amides is 1. The fourth-order valence-electron chi connectivity index (χ4n) is 5.11. The van der Waals surface area contributed by atoms with Crippen molar-refractivity contribution in [2.24, 2.45) is 0 Å². The second-order valence-corrected chi connectivity index (χ2v) is 11.5. The van der Waals surface area contributed by atoms with Gasteiger partial charge in [0, 0.05) is 30.6 Å². The molecule has 2 aliphatic heterocycles. The Labute approximate surface area is 203 Å². The molecule has 7 heteroatoms. The van der Waals surface area contributed by atoms with Gasteiger partial charge in [-0.3, -0.25) is 4.79 Å². The van der Waals surface area contributed by atoms with Gasteiger partial charge in [-0.2, -0.15) is 4.31 Å². The van der Waals surface area contributed by atoms with E-state index in [2.05, 4.69) is 19.2 Å². The average molecular weight is 485 g/mol. The van der Waals surface area contributed by atoms with Gasteiger partial charge in [-0.15, -0.1) is 0 Å². The zero-order valence-electron chi connectivity index (χ0n) is 20.5. The Bertz CT molecular complexity index is 1130. The standard InChI is InChI=1S/C27H36N2O4S/c1-4-27(5-2)19-23(22-12-8-9-13-24(22)33-27)28-26(30)21-15-14-20(3)25(18-21)34(31,32)29-16-10-6-7-11-17-29/h8-9,12-15,18,23H,4-7,10-11,16-17,19H2,1-3H3,(H,28,30)/t23-/m0/s1. The molecule has 1 saturated heterocycles. The quantitative estimate of drug-likeness (QED) is 0.598. The predicted molar refractivity (Wildman–Crippen MR) is 134 cm³/mol. The number of carbonyl (C=O) groups is 1. The van der Waals surface area contributed by atoms with E-state index in [9.17, 15) is 13.2 Å². The number of sulfonamides is 1. The molecule has 0 aromatic heterocycles. The molecule has 0 bridgehead atoms. The normalized spacial score (nSPS) is 20.6. The number of ether oxygens (including phenoxy) is 1. The van der Waals surface area contributed by atoms with Crippen molar-refractivity contribution < 1.29 is 17.9 Å². The summed E-state index contributed by atoms with van der Waals surface area (Å²) in [5.41, 5.74) is 1.65. The molecule has 0 aliphatic carbocycles. The molecule has 1 fully saturated rings. The third kappa shape index (κ3) is 4.86. The van der Waals surface area contributed by atoms with Crippen LogP contribution in [0.1, 0.15) is 86.3 Å². The smallest absolute Gasteiger partial charge is 0.251 e. The molecule has 2 aromatic carbocycles. The number of hydrogen-bond donors (Lipinski definition) is 1. The fourth-order valence-corrected chi connectivity index (χ4v) is 6.88. The molecule has 1 amide bonds. The highest BCUT2D eigenvalue weighted by Crippen LogP contribution is 2.42. The number of benzene rings is 2. The van der Waals surface area contributed by atoms with E-state index in [0.29, 0.717) is 30.6 Å². The van der Waals surface area contributed by atoms with E-state index in [4.69, 9.17) is 4.74 Å². The van der Waals surface area contributed by atoms with Crippen LogP contribution in [0.3, 0.4) is 0 Å². The third-order valence-electron chi connectivity index (χ3n) is 7.42. The predicted octanol–water partition coefficient (Wildman–Crippen LogP) is 5.37. The molecule has 184 valence electrons. The Morgan fingerprint density at radius 3 is 2.41 bits per heavy atom. The Morgan fingerprint density at radius 2 is 1.74 bits per heavy atom. The highest BCUT2D eigenvalue weighted by Gasteiger charge is 2.39. The van der Waals surface area contributed by atoms with Gasteiger partial charge in [-0.1, -0.05) is 51.0 Å². The summed E-state index contributed by atoms with van der Waals surface area (Å²) < 4.78 is 34.8. The lowest BCUT2D eigenvalue weighted by Crippen LogP contribution is -2.44. The summed E-state index contributed by atoms with van der Waals surface area (Å²) in [5.74, 6) is 0.534. The molecule has 4 rings (SSSR count). The van der Waals surface area contributed by atoms with E-state index in [0.717, 1.165) is 49.8 Å². The Kier molecular flexibility index (Phi) is 7.33. The van der Waals surface area contributed by atoms with E-state index in [-0.39, 0.29) is 22.4 Å². The first-order valence-corrected chi connectivity index (χ1v) is 13.9. The first-order valence-electron chi connectivity index (χ1n) is 12.5. The minimum absolute atomic E-state index is 0.204. The van der Waals surface area contributed by atoms with E-state index >= 15 is 0 Å². The molecule has 34 heavy (non-hydrogen) atoms. The summed E-state index contributed by atoms with van der Waals surface area (Å²) in [6.07, 6.45) is 6.21. The maximum atomic E-state index is 13.4. The van der Waals surface area contributed by atoms with Gasteiger partial charge in [-0.25, -0.2) is 8.42 Å². The number of carbonyl (C=O) groups excluding carboxylic acids is 1. The Hall–Kier alpha value is -2.38. The molecule has 6 nitrogen and oxygen atoms in total. The number of nitrogens with one attached hydrogen (secondary N) is 1. The van der Waals surface area contributed by atoms with Crippen molar-refractivity contribution in [2.45, 2.75) is 82.3 Å². The molecule has 1 N–H and O–H groups in total. The molecule has 2 heterocycles. The lowest BCUT2D eigenvalue weighted by Gasteiger charge is -2.41. The van der Waals surface area contributed by atoms with Gasteiger partial charge in [-0.05, 0) is 56.4 Å². The molecule has 0 unspecified atom stereocenters. The van der Waals surface area contributed by atoms with Crippen LogP contribution in [0.4, 0.5) is 0 Å². The number of nitrogens with zero attached hydrogens (tertiary/aromatic N) is 1. The van der Waals surface area contributed by atoms with Crippen LogP contribution in [0.25, 0.3) is 0 Å². The van der Waals surface area contributed by atoms with Crippen LogP contribution < -0.4 is 10.1 Å². The highest BCUT2D eigenvalue weighted by molar-refractivity contribution is 7.89. The summed E-state index contributed by atoms with van der Waals surface area (Å²) in [4.78, 5) is 13.6. The van der Waals surface area contributed by atoms with E-state index in [1.807, 2.05) is 24.3 Å². The SMILES string of the molecule is CCC1(CC)C[C@H](NC(=O)c2ccc(C)c(S(=O)(=O)N3CCCCCC3)c2)c2ccccc2O1. The van der Waals surface area contributed by atoms with Crippen molar-refractivity contribution in [2.75, 3.05) is 13.1 Å². The summed E-state index contributed by atoms with van der Waals surface area (Å²) in [6, 6.07) is 12.6. The summed E-state index contributed by atoms with van der Waals surface area (Å²) >= 11 is 0. The van der Waals surface area contributed by atoms with E-state index < -0.39 is 10.0 Å². The largest absolute Gasteiger partial charge is 0.487 e. The number of hydrogen-bond acceptors (Lipinski definition) is 4. The summed E-state index contributed by atoms with van der Waals surface area (Å²) in [6.45, 7) is 7.07. The van der Waals surface area contributed by atoms with Gasteiger partial charge < -0.3 is 10.1 Å². The van der Waals surface area contributed by atoms with Gasteiger partial charge in [0.2, 0.25) is 10.0 Å². The van der Waals surface area contributed by atoms with Gasteiger partial charge >= 0.3 is 0 Å². The minimum atomic E-state index is -3.65. The van der Waals surface area contributed by atoms with Crippen LogP contribution in [0.15, 0.2) is 47.4 Å². The number of fused-ring (bicyclic) bond motifs is 1. The molecular formula is C27H36N2O4S. The molecule has 2 aromatic rings. The van der Waals surface area contributed by atoms with Crippen molar-refractivity contribution >= 4 is 15.9 Å². The first kappa shape index (κ1) is 24.7. The second-order valence-electron chi connectivity index (χ2n) is 9.56. The van der Waals surface area contributed by atoms with Crippen molar-refractivity contribution in [1.82, 2.24) is 9.62 Å². The minimum Gasteiger partial charge on any atom is -0.487 e. The molecule has 1 atom stereocenters. The first-order chi connectivity index (χ1) is 16.3. The summed E-state index contributed by atoms with van der Waals surface area (Å²) in [5, 5.41) is 3.18. The van der Waals surface area contributed by atoms with Crippen LogP contribution in [0.2, 0.25) is 0 Å². The van der Waals surface area contributed by atoms with Crippen LogP contribution >= 0.6 is 0 Å². The third-order valence-corrected chi connectivity index (χ3v) is 9.46. The Balaban J connectivity index is 1.62. The van der Waals surface area contributed by atoms with E-state index in [1.54, 1.807) is 29.4 Å². The van der Waals surface area contributed by atoms with Gasteiger partial charge in [0.15, 0.2) is 0 Å². The van der Waals surface area contributed by atoms with Gasteiger partial charge in [0.1, 0.15) is 11.4 Å². The Morgan fingerprint density at radius 1 is 1.06 bits per heavy atom. The lowest BCUT2D eigenvalue weighted by atomic mass is 9.83. The number of aryl methyl sites for hydroxylation is 1. The summed E-state index contributed by atoms with van der Waals surface area (Å²) in [7, 11) is -3.65. The van der Waals surface area contributed by atoms with E-state index in [1.165, 1.54) is 0 Å². The zero-order valence-corrected chi connectivity index (χ0v) is 21.3. The number of para-hydroxylation sites is 1. The molecular weight excluding hydrogens is 448 g/mol. The van der Waals surface area contributed by atoms with Crippen LogP contribution in [0, 0.1) is 6.92 Å². The van der Waals surface area contributed by atoms with Gasteiger partial charge in [0.05, 0.1) is 10.9 Å². The highest BCUT2D eigenvalue weighted by atomic mass is 32.2. The maximum absolute atomic E-state index is 13.4. The lowest BCUT2D eigenvalue weighted by molar-refractivity contribution is 0.0227. The molecule has 0 radical (unpaired) electrons. The van der Waals surface area contributed by atoms with Crippen molar-refractivity contribution in [1.29, 1.82) is 0 Å². The topological polar surface area (TPSA) is 75.7 Å². The van der Waals surface area contributed by atoms with Crippen LogP contribution in [0.5, 0.6) is 5.75 Å². The number of rotatable bonds is 6. The maximum Gasteiger partial charge on any atom is 0.251 e. The second kappa shape index (κ2) is 10.1. The van der Waals surface area contributed by atoms with Crippen molar-refractivity contribution in [3.63, 3.8) is 0 Å². The monoisotopic (exact) mass is 484 g/mol. The average Bonchev–Trinajstić information content (AvgIpc) is 3.14.